The fourth-order valence-corrected chi connectivity index (χ4v) is 4.09. The van der Waals surface area contributed by atoms with E-state index in [1.165, 1.54) is 31.6 Å². The van der Waals surface area contributed by atoms with Crippen LogP contribution in [0.3, 0.4) is 0 Å². The first-order chi connectivity index (χ1) is 15.8. The second-order valence-electron chi connectivity index (χ2n) is 7.08. The SMILES string of the molecule is COc1cccc(F)c1-c1cc(Nc2ccc(S(=O)(=O)Nc3onc(C)c3C)cc2)ncn1. The van der Waals surface area contributed by atoms with E-state index in [4.69, 9.17) is 9.26 Å². The molecular formula is C22H20FN5O4S. The number of rotatable bonds is 7. The van der Waals surface area contributed by atoms with Gasteiger partial charge in [0.25, 0.3) is 10.0 Å². The molecule has 2 aromatic heterocycles. The van der Waals surface area contributed by atoms with Crippen molar-refractivity contribution in [3.63, 3.8) is 0 Å². The molecule has 0 radical (unpaired) electrons. The summed E-state index contributed by atoms with van der Waals surface area (Å²) in [6.45, 7) is 3.43. The summed E-state index contributed by atoms with van der Waals surface area (Å²) in [7, 11) is -2.41. The Morgan fingerprint density at radius 3 is 2.48 bits per heavy atom. The lowest BCUT2D eigenvalue weighted by Crippen LogP contribution is -2.13. The Morgan fingerprint density at radius 2 is 1.82 bits per heavy atom. The summed E-state index contributed by atoms with van der Waals surface area (Å²) >= 11 is 0. The summed E-state index contributed by atoms with van der Waals surface area (Å²) in [5.41, 5.74) is 2.35. The molecular weight excluding hydrogens is 449 g/mol. The van der Waals surface area contributed by atoms with E-state index in [0.717, 1.165) is 0 Å². The number of nitrogens with zero attached hydrogens (tertiary/aromatic N) is 3. The zero-order valence-corrected chi connectivity index (χ0v) is 18.8. The fraction of sp³-hybridized carbons (Fsp3) is 0.136. The highest BCUT2D eigenvalue weighted by Gasteiger charge is 2.19. The molecule has 0 aliphatic carbocycles. The van der Waals surface area contributed by atoms with Crippen LogP contribution in [0.5, 0.6) is 5.75 Å². The lowest BCUT2D eigenvalue weighted by atomic mass is 10.1. The minimum absolute atomic E-state index is 0.0426. The van der Waals surface area contributed by atoms with Crippen LogP contribution in [0, 0.1) is 19.7 Å². The minimum Gasteiger partial charge on any atom is -0.496 e. The molecule has 0 unspecified atom stereocenters. The molecule has 0 aliphatic rings. The third-order valence-electron chi connectivity index (χ3n) is 4.94. The van der Waals surface area contributed by atoms with Gasteiger partial charge in [0.2, 0.25) is 5.88 Å². The molecule has 0 amide bonds. The monoisotopic (exact) mass is 469 g/mol. The van der Waals surface area contributed by atoms with Gasteiger partial charge >= 0.3 is 0 Å². The van der Waals surface area contributed by atoms with Gasteiger partial charge in [-0.05, 0) is 50.2 Å². The van der Waals surface area contributed by atoms with Crippen molar-refractivity contribution in [1.29, 1.82) is 0 Å². The summed E-state index contributed by atoms with van der Waals surface area (Å²) in [4.78, 5) is 8.33. The summed E-state index contributed by atoms with van der Waals surface area (Å²) in [6, 6.07) is 12.1. The van der Waals surface area contributed by atoms with E-state index in [0.29, 0.717) is 34.2 Å². The predicted molar refractivity (Wildman–Crippen MR) is 120 cm³/mol. The molecule has 4 rings (SSSR count). The molecule has 0 saturated heterocycles. The van der Waals surface area contributed by atoms with E-state index in [2.05, 4.69) is 25.2 Å². The Bertz CT molecular complexity index is 1400. The fourth-order valence-electron chi connectivity index (χ4n) is 3.04. The third-order valence-corrected chi connectivity index (χ3v) is 6.29. The Hall–Kier alpha value is -3.99. The molecule has 33 heavy (non-hydrogen) atoms. The zero-order valence-electron chi connectivity index (χ0n) is 18.0. The van der Waals surface area contributed by atoms with Crippen LogP contribution in [0.4, 0.5) is 21.8 Å². The molecule has 4 aromatic rings. The van der Waals surface area contributed by atoms with Gasteiger partial charge in [-0.1, -0.05) is 11.2 Å². The van der Waals surface area contributed by atoms with Gasteiger partial charge in [0.15, 0.2) is 0 Å². The van der Waals surface area contributed by atoms with Crippen LogP contribution in [0.15, 0.2) is 64.3 Å². The first kappa shape index (κ1) is 22.2. The van der Waals surface area contributed by atoms with Crippen molar-refractivity contribution < 1.29 is 22.1 Å². The summed E-state index contributed by atoms with van der Waals surface area (Å²) in [5.74, 6) is 0.343. The highest BCUT2D eigenvalue weighted by molar-refractivity contribution is 7.92. The number of aryl methyl sites for hydroxylation is 1. The van der Waals surface area contributed by atoms with Gasteiger partial charge in [-0.15, -0.1) is 0 Å². The summed E-state index contributed by atoms with van der Waals surface area (Å²) < 4.78 is 52.3. The molecule has 2 N–H and O–H groups in total. The number of sulfonamides is 1. The number of ether oxygens (including phenoxy) is 1. The number of aromatic nitrogens is 3. The average molecular weight is 469 g/mol. The molecule has 9 nitrogen and oxygen atoms in total. The molecule has 11 heteroatoms. The Morgan fingerprint density at radius 1 is 1.06 bits per heavy atom. The first-order valence-electron chi connectivity index (χ1n) is 9.76. The topological polar surface area (TPSA) is 119 Å². The van der Waals surface area contributed by atoms with E-state index in [1.807, 2.05) is 0 Å². The minimum atomic E-state index is -3.86. The lowest BCUT2D eigenvalue weighted by molar-refractivity contribution is 0.413. The van der Waals surface area contributed by atoms with Crippen LogP contribution in [-0.2, 0) is 10.0 Å². The van der Waals surface area contributed by atoms with Gasteiger partial charge in [0.1, 0.15) is 23.7 Å². The predicted octanol–water partition coefficient (Wildman–Crippen LogP) is 4.44. The third kappa shape index (κ3) is 4.62. The quantitative estimate of drug-likeness (QED) is 0.408. The number of anilines is 3. The maximum Gasteiger partial charge on any atom is 0.264 e. The highest BCUT2D eigenvalue weighted by Crippen LogP contribution is 2.32. The smallest absolute Gasteiger partial charge is 0.264 e. The van der Waals surface area contributed by atoms with E-state index in [1.54, 1.807) is 44.2 Å². The number of hydrogen-bond donors (Lipinski definition) is 2. The Labute approximate surface area is 189 Å². The van der Waals surface area contributed by atoms with Gasteiger partial charge in [-0.2, -0.15) is 0 Å². The molecule has 0 saturated carbocycles. The first-order valence-corrected chi connectivity index (χ1v) is 11.2. The van der Waals surface area contributed by atoms with Crippen molar-refractivity contribution in [1.82, 2.24) is 15.1 Å². The van der Waals surface area contributed by atoms with Crippen LogP contribution in [-0.4, -0.2) is 30.7 Å². The number of hydrogen-bond acceptors (Lipinski definition) is 8. The molecule has 0 fully saturated rings. The normalized spacial score (nSPS) is 11.3. The van der Waals surface area contributed by atoms with E-state index in [-0.39, 0.29) is 16.3 Å². The highest BCUT2D eigenvalue weighted by atomic mass is 32.2. The lowest BCUT2D eigenvalue weighted by Gasteiger charge is -2.11. The Kier molecular flexibility index (Phi) is 5.97. The Balaban J connectivity index is 1.54. The van der Waals surface area contributed by atoms with Gasteiger partial charge in [-0.25, -0.2) is 27.5 Å². The maximum absolute atomic E-state index is 14.4. The van der Waals surface area contributed by atoms with Crippen molar-refractivity contribution in [3.05, 3.63) is 71.9 Å². The number of methoxy groups -OCH3 is 1. The van der Waals surface area contributed by atoms with Crippen molar-refractivity contribution in [2.75, 3.05) is 17.1 Å². The second kappa shape index (κ2) is 8.87. The number of benzene rings is 2. The maximum atomic E-state index is 14.4. The van der Waals surface area contributed by atoms with Gasteiger partial charge in [-0.3, -0.25) is 0 Å². The van der Waals surface area contributed by atoms with Crippen LogP contribution in [0.25, 0.3) is 11.3 Å². The van der Waals surface area contributed by atoms with Gasteiger partial charge in [0, 0.05) is 17.3 Å². The van der Waals surface area contributed by atoms with Crippen LogP contribution >= 0.6 is 0 Å². The second-order valence-corrected chi connectivity index (χ2v) is 8.76. The van der Waals surface area contributed by atoms with Gasteiger partial charge in [0.05, 0.1) is 29.0 Å². The molecule has 2 heterocycles. The van der Waals surface area contributed by atoms with Crippen molar-refractivity contribution >= 4 is 27.4 Å². The van der Waals surface area contributed by atoms with Crippen LogP contribution in [0.1, 0.15) is 11.3 Å². The van der Waals surface area contributed by atoms with Crippen molar-refractivity contribution in [3.8, 4) is 17.0 Å². The molecule has 0 bridgehead atoms. The number of nitrogens with one attached hydrogen (secondary N) is 2. The standard InChI is InChI=1S/C22H20FN5O4S/c1-13-14(2)27-32-22(13)28-33(29,30)16-9-7-15(8-10-16)26-20-11-18(24-12-25-20)21-17(23)5-4-6-19(21)31-3/h4-12,28H,1-3H3,(H,24,25,26). The van der Waals surface area contributed by atoms with Crippen LogP contribution in [0.2, 0.25) is 0 Å². The van der Waals surface area contributed by atoms with Gasteiger partial charge < -0.3 is 14.6 Å². The van der Waals surface area contributed by atoms with Crippen molar-refractivity contribution in [2.45, 2.75) is 18.7 Å². The zero-order chi connectivity index (χ0) is 23.6. The van der Waals surface area contributed by atoms with Crippen LogP contribution < -0.4 is 14.8 Å². The molecule has 0 atom stereocenters. The molecule has 0 spiro atoms. The summed E-state index contributed by atoms with van der Waals surface area (Å²) in [6.07, 6.45) is 1.30. The summed E-state index contributed by atoms with van der Waals surface area (Å²) in [5, 5.41) is 6.80. The average Bonchev–Trinajstić information content (AvgIpc) is 3.11. The van der Waals surface area contributed by atoms with E-state index >= 15 is 0 Å². The van der Waals surface area contributed by atoms with E-state index < -0.39 is 15.8 Å². The van der Waals surface area contributed by atoms with Crippen molar-refractivity contribution in [2.24, 2.45) is 0 Å². The van der Waals surface area contributed by atoms with E-state index in [9.17, 15) is 12.8 Å². The largest absolute Gasteiger partial charge is 0.496 e. The molecule has 0 aliphatic heterocycles. The molecule has 170 valence electrons. The molecule has 2 aromatic carbocycles. The number of halogens is 1.